The number of benzene rings is 7. The molecule has 0 saturated carbocycles. The van der Waals surface area contributed by atoms with Crippen molar-refractivity contribution in [3.8, 4) is 45.8 Å². The van der Waals surface area contributed by atoms with E-state index >= 15 is 0 Å². The van der Waals surface area contributed by atoms with Gasteiger partial charge in [-0.1, -0.05) is 115 Å². The third-order valence-electron chi connectivity index (χ3n) is 9.43. The van der Waals surface area contributed by atoms with Crippen LogP contribution >= 0.6 is 0 Å². The molecule has 2 aromatic heterocycles. The molecule has 0 atom stereocenters. The van der Waals surface area contributed by atoms with Crippen LogP contribution in [0, 0.1) is 22.7 Å². The summed E-state index contributed by atoms with van der Waals surface area (Å²) in [5, 5.41) is 25.2. The van der Waals surface area contributed by atoms with Gasteiger partial charge in [-0.25, -0.2) is 0 Å². The lowest BCUT2D eigenvalue weighted by Crippen LogP contribution is -1.99. The molecule has 0 saturated heterocycles. The lowest BCUT2D eigenvalue weighted by atomic mass is 9.93. The Hall–Kier alpha value is -6.88. The molecular weight excluding hydrogens is 585 g/mol. The molecule has 0 aliphatic heterocycles. The highest BCUT2D eigenvalue weighted by molar-refractivity contribution is 6.10. The fourth-order valence-electron chi connectivity index (χ4n) is 7.32. The van der Waals surface area contributed by atoms with Crippen molar-refractivity contribution in [2.45, 2.75) is 0 Å². The SMILES string of the molecule is N#Cc1cc(-n2c3ccccc3c3ccccc32)cc(-c2ccc(-c3ccccc3-n3c4ccccc4c4ccccc43)cc2)c1C#N. The van der Waals surface area contributed by atoms with Crippen molar-refractivity contribution < 1.29 is 0 Å². The van der Waals surface area contributed by atoms with Gasteiger partial charge in [-0.15, -0.1) is 0 Å². The molecule has 0 spiro atoms. The van der Waals surface area contributed by atoms with Crippen molar-refractivity contribution in [2.24, 2.45) is 0 Å². The van der Waals surface area contributed by atoms with Crippen LogP contribution < -0.4 is 0 Å². The number of nitriles is 2. The molecule has 4 heteroatoms. The molecule has 4 nitrogen and oxygen atoms in total. The quantitative estimate of drug-likeness (QED) is 0.199. The van der Waals surface area contributed by atoms with E-state index in [2.05, 4.69) is 143 Å². The van der Waals surface area contributed by atoms with E-state index in [1.54, 1.807) is 0 Å². The molecule has 0 aliphatic rings. The normalized spacial score (nSPS) is 11.3. The summed E-state index contributed by atoms with van der Waals surface area (Å²) in [5.41, 5.74) is 10.9. The monoisotopic (exact) mass is 610 g/mol. The second-order valence-electron chi connectivity index (χ2n) is 12.0. The number of hydrogen-bond acceptors (Lipinski definition) is 2. The zero-order valence-corrected chi connectivity index (χ0v) is 25.8. The fraction of sp³-hybridized carbons (Fsp3) is 0. The van der Waals surface area contributed by atoms with E-state index in [1.165, 1.54) is 10.8 Å². The molecule has 9 rings (SSSR count). The minimum Gasteiger partial charge on any atom is -0.309 e. The Morgan fingerprint density at radius 3 is 1.33 bits per heavy atom. The Kier molecular flexibility index (Phi) is 6.22. The van der Waals surface area contributed by atoms with Gasteiger partial charge in [0.1, 0.15) is 12.1 Å². The van der Waals surface area contributed by atoms with Gasteiger partial charge in [-0.3, -0.25) is 0 Å². The van der Waals surface area contributed by atoms with Crippen LogP contribution in [-0.4, -0.2) is 9.13 Å². The molecule has 222 valence electrons. The number of hydrogen-bond donors (Lipinski definition) is 0. The summed E-state index contributed by atoms with van der Waals surface area (Å²) in [6, 6.07) is 59.0. The third kappa shape index (κ3) is 4.07. The number of nitrogens with zero attached hydrogens (tertiary/aromatic N) is 4. The second-order valence-corrected chi connectivity index (χ2v) is 12.0. The second kappa shape index (κ2) is 10.9. The summed E-state index contributed by atoms with van der Waals surface area (Å²) in [6.07, 6.45) is 0. The van der Waals surface area contributed by atoms with E-state index in [-0.39, 0.29) is 0 Å². The number of rotatable bonds is 4. The minimum atomic E-state index is 0.354. The lowest BCUT2D eigenvalue weighted by Gasteiger charge is -2.15. The first-order chi connectivity index (χ1) is 23.7. The van der Waals surface area contributed by atoms with E-state index in [4.69, 9.17) is 0 Å². The highest BCUT2D eigenvalue weighted by Gasteiger charge is 2.19. The van der Waals surface area contributed by atoms with Crippen molar-refractivity contribution in [2.75, 3.05) is 0 Å². The predicted octanol–water partition coefficient (Wildman–Crippen LogP) is 11.0. The average molecular weight is 611 g/mol. The standard InChI is InChI=1S/C44H26N4/c45-27-31-25-32(47-41-17-7-2-12-34(41)35-13-3-8-18-42(35)47)26-38(39(31)28-46)30-23-21-29(22-24-30)33-11-1-6-16-40(33)48-43-19-9-4-14-36(43)37-15-5-10-20-44(37)48/h1-26H. The van der Waals surface area contributed by atoms with Crippen LogP contribution in [0.4, 0.5) is 0 Å². The van der Waals surface area contributed by atoms with Gasteiger partial charge in [0.05, 0.1) is 38.9 Å². The van der Waals surface area contributed by atoms with Crippen molar-refractivity contribution in [3.05, 3.63) is 169 Å². The molecule has 9 aromatic rings. The zero-order chi connectivity index (χ0) is 32.2. The van der Waals surface area contributed by atoms with Crippen molar-refractivity contribution in [1.29, 1.82) is 10.5 Å². The third-order valence-corrected chi connectivity index (χ3v) is 9.43. The first kappa shape index (κ1) is 27.4. The van der Waals surface area contributed by atoms with Crippen LogP contribution in [0.15, 0.2) is 158 Å². The Morgan fingerprint density at radius 1 is 0.396 bits per heavy atom. The van der Waals surface area contributed by atoms with Gasteiger partial charge in [0, 0.05) is 38.4 Å². The fourth-order valence-corrected chi connectivity index (χ4v) is 7.32. The van der Waals surface area contributed by atoms with Gasteiger partial charge in [-0.2, -0.15) is 10.5 Å². The van der Waals surface area contributed by atoms with E-state index in [9.17, 15) is 10.5 Å². The van der Waals surface area contributed by atoms with Crippen LogP contribution in [0.3, 0.4) is 0 Å². The van der Waals surface area contributed by atoms with E-state index in [0.29, 0.717) is 11.1 Å². The Labute approximate surface area is 277 Å². The number of para-hydroxylation sites is 5. The van der Waals surface area contributed by atoms with E-state index < -0.39 is 0 Å². The lowest BCUT2D eigenvalue weighted by molar-refractivity contribution is 1.17. The van der Waals surface area contributed by atoms with Crippen LogP contribution in [0.2, 0.25) is 0 Å². The highest BCUT2D eigenvalue weighted by Crippen LogP contribution is 2.38. The largest absolute Gasteiger partial charge is 0.309 e. The summed E-state index contributed by atoms with van der Waals surface area (Å²) in [6.45, 7) is 0. The number of aromatic nitrogens is 2. The smallest absolute Gasteiger partial charge is 0.101 e. The molecule has 0 N–H and O–H groups in total. The van der Waals surface area contributed by atoms with Crippen LogP contribution in [-0.2, 0) is 0 Å². The molecule has 0 amide bonds. The molecule has 0 radical (unpaired) electrons. The molecule has 0 fully saturated rings. The van der Waals surface area contributed by atoms with Crippen LogP contribution in [0.5, 0.6) is 0 Å². The predicted molar refractivity (Wildman–Crippen MR) is 195 cm³/mol. The summed E-state index contributed by atoms with van der Waals surface area (Å²) in [4.78, 5) is 0. The van der Waals surface area contributed by atoms with Gasteiger partial charge in [0.2, 0.25) is 0 Å². The van der Waals surface area contributed by atoms with Crippen molar-refractivity contribution >= 4 is 43.6 Å². The van der Waals surface area contributed by atoms with Gasteiger partial charge in [0.25, 0.3) is 0 Å². The summed E-state index contributed by atoms with van der Waals surface area (Å²) in [5.74, 6) is 0. The molecule has 0 bridgehead atoms. The molecule has 0 unspecified atom stereocenters. The summed E-state index contributed by atoms with van der Waals surface area (Å²) >= 11 is 0. The Morgan fingerprint density at radius 2 is 0.833 bits per heavy atom. The average Bonchev–Trinajstić information content (AvgIpc) is 3.67. The molecule has 48 heavy (non-hydrogen) atoms. The van der Waals surface area contributed by atoms with E-state index in [1.807, 2.05) is 36.4 Å². The highest BCUT2D eigenvalue weighted by atomic mass is 15.0. The molecule has 7 aromatic carbocycles. The first-order valence-electron chi connectivity index (χ1n) is 15.9. The van der Waals surface area contributed by atoms with Gasteiger partial charge in [-0.05, 0) is 53.6 Å². The maximum atomic E-state index is 10.3. The summed E-state index contributed by atoms with van der Waals surface area (Å²) in [7, 11) is 0. The van der Waals surface area contributed by atoms with Crippen molar-refractivity contribution in [1.82, 2.24) is 9.13 Å². The van der Waals surface area contributed by atoms with Gasteiger partial charge in [0.15, 0.2) is 0 Å². The molecule has 0 aliphatic carbocycles. The summed E-state index contributed by atoms with van der Waals surface area (Å²) < 4.78 is 4.53. The number of fused-ring (bicyclic) bond motifs is 6. The molecular formula is C44H26N4. The maximum Gasteiger partial charge on any atom is 0.101 e. The first-order valence-corrected chi connectivity index (χ1v) is 15.9. The van der Waals surface area contributed by atoms with E-state index in [0.717, 1.165) is 66.5 Å². The molecule has 2 heterocycles. The Bertz CT molecular complexity index is 2690. The minimum absolute atomic E-state index is 0.354. The van der Waals surface area contributed by atoms with Gasteiger partial charge >= 0.3 is 0 Å². The maximum absolute atomic E-state index is 10.3. The Balaban J connectivity index is 1.21. The zero-order valence-electron chi connectivity index (χ0n) is 25.8. The van der Waals surface area contributed by atoms with Crippen LogP contribution in [0.25, 0.3) is 77.2 Å². The van der Waals surface area contributed by atoms with Crippen LogP contribution in [0.1, 0.15) is 11.1 Å². The topological polar surface area (TPSA) is 57.4 Å². The van der Waals surface area contributed by atoms with Crippen molar-refractivity contribution in [3.63, 3.8) is 0 Å². The van der Waals surface area contributed by atoms with Gasteiger partial charge < -0.3 is 9.13 Å².